The average molecular weight is 254 g/mol. The number of hydrogen-bond acceptors (Lipinski definition) is 3. The second-order valence-corrected chi connectivity index (χ2v) is 4.20. The normalized spacial score (nSPS) is 19.1. The molecule has 0 aliphatic carbocycles. The molecule has 0 spiro atoms. The van der Waals surface area contributed by atoms with Crippen LogP contribution in [0.1, 0.15) is 12.5 Å². The van der Waals surface area contributed by atoms with Crippen LogP contribution in [0.4, 0.5) is 5.69 Å². The predicted molar refractivity (Wildman–Crippen MR) is 82.5 cm³/mol. The first-order valence-electron chi connectivity index (χ1n) is 6.19. The Kier molecular flexibility index (Phi) is 3.80. The van der Waals surface area contributed by atoms with E-state index in [1.807, 2.05) is 43.1 Å². The van der Waals surface area contributed by atoms with E-state index in [1.54, 1.807) is 6.20 Å². The molecule has 0 saturated heterocycles. The number of para-hydroxylation sites is 1. The molecule has 2 rings (SSSR count). The van der Waals surface area contributed by atoms with Gasteiger partial charge in [0, 0.05) is 30.5 Å². The van der Waals surface area contributed by atoms with Gasteiger partial charge in [-0.05, 0) is 19.7 Å². The van der Waals surface area contributed by atoms with E-state index in [2.05, 4.69) is 28.6 Å². The van der Waals surface area contributed by atoms with Crippen molar-refractivity contribution in [2.75, 3.05) is 18.9 Å². The summed E-state index contributed by atoms with van der Waals surface area (Å²) in [5.41, 5.74) is 3.82. The van der Waals surface area contributed by atoms with Gasteiger partial charge in [0.2, 0.25) is 0 Å². The van der Waals surface area contributed by atoms with E-state index in [0.717, 1.165) is 28.5 Å². The van der Waals surface area contributed by atoms with Gasteiger partial charge in [0.15, 0.2) is 5.84 Å². The molecule has 0 aromatic heterocycles. The first kappa shape index (κ1) is 13.1. The van der Waals surface area contributed by atoms with Crippen LogP contribution in [0.25, 0.3) is 5.70 Å². The molecule has 0 fully saturated rings. The lowest BCUT2D eigenvalue weighted by Gasteiger charge is -2.21. The number of hydrogen-bond donors (Lipinski definition) is 1. The molecule has 1 aliphatic heterocycles. The molecule has 98 valence electrons. The number of amidine groups is 1. The first-order valence-corrected chi connectivity index (χ1v) is 6.19. The molecule has 19 heavy (non-hydrogen) atoms. The number of anilines is 1. The zero-order chi connectivity index (χ0) is 13.8. The van der Waals surface area contributed by atoms with Crippen LogP contribution in [0.5, 0.6) is 0 Å². The Labute approximate surface area is 113 Å². The number of likely N-dealkylation sites (N-methyl/N-ethyl adjacent to an activating group) is 1. The van der Waals surface area contributed by atoms with Crippen LogP contribution >= 0.6 is 0 Å². The summed E-state index contributed by atoms with van der Waals surface area (Å²) in [6.07, 6.45) is 1.69. The lowest BCUT2D eigenvalue weighted by Crippen LogP contribution is -2.24. The Morgan fingerprint density at radius 3 is 2.79 bits per heavy atom. The lowest BCUT2D eigenvalue weighted by molar-refractivity contribution is 0.628. The van der Waals surface area contributed by atoms with E-state index >= 15 is 0 Å². The fraction of sp³-hybridized carbons (Fsp3) is 0.200. The summed E-state index contributed by atoms with van der Waals surface area (Å²) < 4.78 is 0. The van der Waals surface area contributed by atoms with E-state index in [-0.39, 0.29) is 0 Å². The van der Waals surface area contributed by atoms with Crippen LogP contribution < -0.4 is 5.32 Å². The monoisotopic (exact) mass is 254 g/mol. The summed E-state index contributed by atoms with van der Waals surface area (Å²) in [6.45, 7) is 10.4. The van der Waals surface area contributed by atoms with Crippen molar-refractivity contribution in [3.8, 4) is 0 Å². The summed E-state index contributed by atoms with van der Waals surface area (Å²) in [6, 6.07) is 8.04. The third-order valence-electron chi connectivity index (χ3n) is 3.03. The molecule has 1 aromatic rings. The molecule has 0 radical (unpaired) electrons. The summed E-state index contributed by atoms with van der Waals surface area (Å²) in [5.74, 6) is 0.781. The predicted octanol–water partition coefficient (Wildman–Crippen LogP) is 2.98. The summed E-state index contributed by atoms with van der Waals surface area (Å²) >= 11 is 0. The fourth-order valence-corrected chi connectivity index (χ4v) is 2.03. The summed E-state index contributed by atoms with van der Waals surface area (Å²) in [7, 11) is 1.95. The number of fused-ring (bicyclic) bond motifs is 1. The highest BCUT2D eigenvalue weighted by molar-refractivity contribution is 6.11. The van der Waals surface area contributed by atoms with Gasteiger partial charge in [-0.1, -0.05) is 24.8 Å². The number of nitrogens with zero attached hydrogens (tertiary/aromatic N) is 3. The van der Waals surface area contributed by atoms with Crippen molar-refractivity contribution in [2.24, 2.45) is 9.98 Å². The maximum Gasteiger partial charge on any atom is 0.151 e. The van der Waals surface area contributed by atoms with Crippen LogP contribution in [0.2, 0.25) is 0 Å². The minimum absolute atomic E-state index is 0.694. The van der Waals surface area contributed by atoms with E-state index in [1.165, 1.54) is 0 Å². The molecular weight excluding hydrogens is 236 g/mol. The van der Waals surface area contributed by atoms with Crippen molar-refractivity contribution < 1.29 is 0 Å². The Hall–Kier alpha value is -2.36. The smallest absolute Gasteiger partial charge is 0.151 e. The molecule has 4 heteroatoms. The van der Waals surface area contributed by atoms with Crippen LogP contribution in [-0.2, 0) is 0 Å². The lowest BCUT2D eigenvalue weighted by atomic mass is 10.1. The third-order valence-corrected chi connectivity index (χ3v) is 3.03. The number of rotatable bonds is 2. The van der Waals surface area contributed by atoms with E-state index in [4.69, 9.17) is 0 Å². The largest absolute Gasteiger partial charge is 0.340 e. The quantitative estimate of drug-likeness (QED) is 0.824. The highest BCUT2D eigenvalue weighted by atomic mass is 15.2. The van der Waals surface area contributed by atoms with E-state index < -0.39 is 0 Å². The topological polar surface area (TPSA) is 40.0 Å². The van der Waals surface area contributed by atoms with Gasteiger partial charge in [0.1, 0.15) is 5.70 Å². The van der Waals surface area contributed by atoms with Gasteiger partial charge in [-0.3, -0.25) is 9.98 Å². The van der Waals surface area contributed by atoms with Gasteiger partial charge in [-0.25, -0.2) is 0 Å². The number of aliphatic imine (C=N–C) groups is 2. The molecule has 1 heterocycles. The molecule has 0 atom stereocenters. The van der Waals surface area contributed by atoms with Gasteiger partial charge in [-0.15, -0.1) is 0 Å². The van der Waals surface area contributed by atoms with Crippen molar-refractivity contribution in [3.63, 3.8) is 0 Å². The van der Waals surface area contributed by atoms with E-state index in [9.17, 15) is 0 Å². The highest BCUT2D eigenvalue weighted by Crippen LogP contribution is 2.31. The zero-order valence-electron chi connectivity index (χ0n) is 11.3. The van der Waals surface area contributed by atoms with Gasteiger partial charge >= 0.3 is 0 Å². The summed E-state index contributed by atoms with van der Waals surface area (Å²) in [4.78, 5) is 10.3. The second kappa shape index (κ2) is 5.52. The van der Waals surface area contributed by atoms with Gasteiger partial charge in [-0.2, -0.15) is 0 Å². The Morgan fingerprint density at radius 1 is 1.37 bits per heavy atom. The van der Waals surface area contributed by atoms with Crippen molar-refractivity contribution >= 4 is 23.9 Å². The molecule has 1 N–H and O–H groups in total. The Bertz CT molecular complexity index is 569. The Morgan fingerprint density at radius 2 is 2.11 bits per heavy atom. The second-order valence-electron chi connectivity index (χ2n) is 4.20. The number of nitrogens with one attached hydrogen (secondary N) is 1. The van der Waals surface area contributed by atoms with Crippen LogP contribution in [0.15, 0.2) is 52.7 Å². The first-order chi connectivity index (χ1) is 9.19. The maximum atomic E-state index is 4.49. The summed E-state index contributed by atoms with van der Waals surface area (Å²) in [5, 5.41) is 3.35. The minimum Gasteiger partial charge on any atom is -0.340 e. The Balaban J connectivity index is 2.60. The van der Waals surface area contributed by atoms with Crippen LogP contribution in [0.3, 0.4) is 0 Å². The SMILES string of the molecule is C=N/C=C1\C(=NCC)Nc2ccccc2C(=C)N1C. The van der Waals surface area contributed by atoms with Gasteiger partial charge < -0.3 is 10.2 Å². The molecule has 1 aliphatic rings. The minimum atomic E-state index is 0.694. The zero-order valence-corrected chi connectivity index (χ0v) is 11.3. The van der Waals surface area contributed by atoms with Gasteiger partial charge in [0.25, 0.3) is 0 Å². The van der Waals surface area contributed by atoms with Gasteiger partial charge in [0.05, 0.1) is 6.20 Å². The number of benzene rings is 1. The van der Waals surface area contributed by atoms with Crippen LogP contribution in [0, 0.1) is 0 Å². The fourth-order valence-electron chi connectivity index (χ4n) is 2.03. The molecule has 0 amide bonds. The molecule has 0 bridgehead atoms. The molecule has 1 aromatic carbocycles. The molecule has 0 saturated carbocycles. The van der Waals surface area contributed by atoms with Crippen molar-refractivity contribution in [1.82, 2.24) is 4.90 Å². The maximum absolute atomic E-state index is 4.49. The van der Waals surface area contributed by atoms with E-state index in [0.29, 0.717) is 6.54 Å². The highest BCUT2D eigenvalue weighted by Gasteiger charge is 2.22. The molecule has 4 nitrogen and oxygen atoms in total. The van der Waals surface area contributed by atoms with Crippen molar-refractivity contribution in [2.45, 2.75) is 6.92 Å². The molecule has 0 unspecified atom stereocenters. The third kappa shape index (κ3) is 2.42. The van der Waals surface area contributed by atoms with Crippen molar-refractivity contribution in [3.05, 3.63) is 48.3 Å². The van der Waals surface area contributed by atoms with Crippen LogP contribution in [-0.4, -0.2) is 31.0 Å². The van der Waals surface area contributed by atoms with Crippen molar-refractivity contribution in [1.29, 1.82) is 0 Å². The molecular formula is C15H18N4. The average Bonchev–Trinajstić information content (AvgIpc) is 2.51. The standard InChI is InChI=1S/C15H18N4/c1-5-17-15-14(10-16-3)19(4)11(2)12-8-6-7-9-13(12)18-15/h6-10H,2-3,5H2,1,4H3,(H,17,18)/b14-10+.